The summed E-state index contributed by atoms with van der Waals surface area (Å²) in [7, 11) is 0. The zero-order chi connectivity index (χ0) is 16.4. The number of hydrazine groups is 1. The molecular formula is C16H20BrN4O2+. The molecular weight excluding hydrogens is 360 g/mol. The van der Waals surface area contributed by atoms with Crippen molar-refractivity contribution >= 4 is 27.5 Å². The van der Waals surface area contributed by atoms with E-state index in [1.807, 2.05) is 17.1 Å². The summed E-state index contributed by atoms with van der Waals surface area (Å²) in [5, 5.41) is 4.71. The number of fused-ring (bicyclic) bond motifs is 1. The first-order valence-electron chi connectivity index (χ1n) is 7.72. The largest absolute Gasteiger partial charge is 0.352 e. The van der Waals surface area contributed by atoms with Gasteiger partial charge >= 0.3 is 0 Å². The highest BCUT2D eigenvalue weighted by Crippen LogP contribution is 2.31. The molecule has 1 aromatic carbocycles. The Labute approximate surface area is 143 Å². The standard InChI is InChI=1S/C16H19BrN4O2/c1-2-15(22)18-9-12-10-19(14-5-3-13(17)4-6-14)16-7-8-21(23)20(16)11-12/h2-6,12,16H,1,7-11H2/p+1. The van der Waals surface area contributed by atoms with Crippen molar-refractivity contribution < 1.29 is 9.66 Å². The van der Waals surface area contributed by atoms with Crippen LogP contribution in [-0.2, 0) is 4.79 Å². The molecule has 1 aromatic rings. The van der Waals surface area contributed by atoms with Gasteiger partial charge in [0.05, 0.1) is 17.9 Å². The molecule has 3 rings (SSSR count). The maximum atomic E-state index is 12.1. The van der Waals surface area contributed by atoms with Gasteiger partial charge in [0, 0.05) is 29.2 Å². The molecule has 2 aliphatic rings. The molecule has 7 heteroatoms. The number of nitrogens with zero attached hydrogens (tertiary/aromatic N) is 3. The normalized spacial score (nSPS) is 23.6. The molecule has 6 nitrogen and oxygen atoms in total. The summed E-state index contributed by atoms with van der Waals surface area (Å²) in [5.41, 5.74) is 1.10. The number of anilines is 1. The van der Waals surface area contributed by atoms with E-state index >= 15 is 0 Å². The smallest absolute Gasteiger partial charge is 0.243 e. The number of nitrogens with one attached hydrogen (secondary N) is 1. The van der Waals surface area contributed by atoms with E-state index < -0.39 is 0 Å². The monoisotopic (exact) mass is 379 g/mol. The van der Waals surface area contributed by atoms with Gasteiger partial charge in [0.15, 0.2) is 6.17 Å². The Balaban J connectivity index is 1.78. The zero-order valence-corrected chi connectivity index (χ0v) is 14.4. The third-order valence-corrected chi connectivity index (χ3v) is 4.91. The Morgan fingerprint density at radius 2 is 2.13 bits per heavy atom. The van der Waals surface area contributed by atoms with Gasteiger partial charge in [0.2, 0.25) is 12.5 Å². The second-order valence-corrected chi connectivity index (χ2v) is 6.83. The number of carbonyl (C=O) groups is 1. The van der Waals surface area contributed by atoms with Crippen molar-refractivity contribution in [3.8, 4) is 0 Å². The molecule has 2 fully saturated rings. The minimum Gasteiger partial charge on any atom is -0.352 e. The number of carbonyl (C=O) groups excluding carboxylic acids is 1. The van der Waals surface area contributed by atoms with Gasteiger partial charge in [-0.05, 0) is 30.3 Å². The first-order chi connectivity index (χ1) is 11.1. The van der Waals surface area contributed by atoms with Gasteiger partial charge in [-0.25, -0.2) is 0 Å². The van der Waals surface area contributed by atoms with E-state index in [0.29, 0.717) is 19.6 Å². The maximum absolute atomic E-state index is 12.1. The third kappa shape index (κ3) is 3.39. The van der Waals surface area contributed by atoms with Gasteiger partial charge in [0.25, 0.3) is 0 Å². The molecule has 0 saturated carbocycles. The number of benzene rings is 1. The minimum atomic E-state index is -0.178. The number of halogens is 1. The summed E-state index contributed by atoms with van der Waals surface area (Å²) in [6, 6.07) is 8.13. The van der Waals surface area contributed by atoms with Gasteiger partial charge < -0.3 is 10.2 Å². The van der Waals surface area contributed by atoms with Crippen molar-refractivity contribution in [2.45, 2.75) is 12.6 Å². The van der Waals surface area contributed by atoms with E-state index in [0.717, 1.165) is 28.0 Å². The van der Waals surface area contributed by atoms with Gasteiger partial charge in [0.1, 0.15) is 4.87 Å². The van der Waals surface area contributed by atoms with Crippen LogP contribution in [0.25, 0.3) is 0 Å². The van der Waals surface area contributed by atoms with Crippen LogP contribution < -0.4 is 10.2 Å². The van der Waals surface area contributed by atoms with Crippen molar-refractivity contribution in [2.24, 2.45) is 5.92 Å². The van der Waals surface area contributed by atoms with Crippen molar-refractivity contribution in [2.75, 3.05) is 31.1 Å². The molecule has 0 aliphatic carbocycles. The average molecular weight is 380 g/mol. The van der Waals surface area contributed by atoms with Gasteiger partial charge in [-0.15, -0.1) is 5.01 Å². The number of nitroso groups, excluding NO2 is 1. The van der Waals surface area contributed by atoms with E-state index in [4.69, 9.17) is 0 Å². The Morgan fingerprint density at radius 1 is 1.39 bits per heavy atom. The molecule has 0 spiro atoms. The first-order valence-corrected chi connectivity index (χ1v) is 8.51. The highest BCUT2D eigenvalue weighted by atomic mass is 79.9. The van der Waals surface area contributed by atoms with Crippen molar-refractivity contribution in [3.63, 3.8) is 0 Å². The molecule has 0 aromatic heterocycles. The Bertz CT molecular complexity index is 619. The molecule has 2 aliphatic heterocycles. The third-order valence-electron chi connectivity index (χ3n) is 4.38. The highest BCUT2D eigenvalue weighted by molar-refractivity contribution is 9.10. The summed E-state index contributed by atoms with van der Waals surface area (Å²) in [6.45, 7) is 6.00. The molecule has 1 N–H and O–H groups in total. The SMILES string of the molecule is C=CC(=O)NCC1CN(c2ccc(Br)cc2)C2CC[N+](=O)N2C1. The van der Waals surface area contributed by atoms with E-state index in [1.54, 1.807) is 0 Å². The fourth-order valence-corrected chi connectivity index (χ4v) is 3.52. The number of rotatable bonds is 4. The summed E-state index contributed by atoms with van der Waals surface area (Å²) < 4.78 is 1.03. The van der Waals surface area contributed by atoms with Crippen molar-refractivity contribution in [1.29, 1.82) is 0 Å². The summed E-state index contributed by atoms with van der Waals surface area (Å²) in [4.78, 5) is 26.8. The second kappa shape index (κ2) is 6.70. The molecule has 0 radical (unpaired) electrons. The number of amides is 1. The van der Waals surface area contributed by atoms with Crippen LogP contribution in [0.5, 0.6) is 0 Å². The predicted molar refractivity (Wildman–Crippen MR) is 91.8 cm³/mol. The van der Waals surface area contributed by atoms with Crippen LogP contribution in [0.3, 0.4) is 0 Å². The maximum Gasteiger partial charge on any atom is 0.243 e. The summed E-state index contributed by atoms with van der Waals surface area (Å²) >= 11 is 3.45. The fraction of sp³-hybridized carbons (Fsp3) is 0.438. The summed E-state index contributed by atoms with van der Waals surface area (Å²) in [5.74, 6) is 0.0102. The van der Waals surface area contributed by atoms with E-state index in [1.165, 1.54) is 6.08 Å². The lowest BCUT2D eigenvalue weighted by molar-refractivity contribution is -0.692. The zero-order valence-electron chi connectivity index (χ0n) is 12.8. The Morgan fingerprint density at radius 3 is 2.83 bits per heavy atom. The molecule has 2 heterocycles. The Hall–Kier alpha value is -1.89. The van der Waals surface area contributed by atoms with E-state index in [2.05, 4.69) is 44.9 Å². The lowest BCUT2D eigenvalue weighted by atomic mass is 10.0. The highest BCUT2D eigenvalue weighted by Gasteiger charge is 2.47. The molecule has 23 heavy (non-hydrogen) atoms. The van der Waals surface area contributed by atoms with Crippen molar-refractivity contribution in [1.82, 2.24) is 10.3 Å². The fourth-order valence-electron chi connectivity index (χ4n) is 3.26. The van der Waals surface area contributed by atoms with Crippen LogP contribution in [0.4, 0.5) is 5.69 Å². The molecule has 2 atom stereocenters. The van der Waals surface area contributed by atoms with Crippen LogP contribution >= 0.6 is 15.9 Å². The predicted octanol–water partition coefficient (Wildman–Crippen LogP) is 1.91. The van der Waals surface area contributed by atoms with Crippen molar-refractivity contribution in [3.05, 3.63) is 46.3 Å². The molecule has 0 bridgehead atoms. The quantitative estimate of drug-likeness (QED) is 0.641. The van der Waals surface area contributed by atoms with Crippen LogP contribution in [0.1, 0.15) is 6.42 Å². The molecule has 1 amide bonds. The number of hydrogen-bond acceptors (Lipinski definition) is 3. The van der Waals surface area contributed by atoms with Crippen LogP contribution in [0.15, 0.2) is 41.4 Å². The lowest BCUT2D eigenvalue weighted by Gasteiger charge is -2.40. The average Bonchev–Trinajstić information content (AvgIpc) is 2.94. The van der Waals surface area contributed by atoms with E-state index in [9.17, 15) is 9.70 Å². The number of hydrogen-bond donors (Lipinski definition) is 1. The summed E-state index contributed by atoms with van der Waals surface area (Å²) in [6.07, 6.45) is 2.19. The second-order valence-electron chi connectivity index (χ2n) is 5.91. The van der Waals surface area contributed by atoms with Crippen LogP contribution in [0.2, 0.25) is 0 Å². The van der Waals surface area contributed by atoms with Crippen LogP contribution in [-0.4, -0.2) is 48.1 Å². The van der Waals surface area contributed by atoms with Crippen LogP contribution in [0, 0.1) is 10.8 Å². The minimum absolute atomic E-state index is 0.0973. The molecule has 2 unspecified atom stereocenters. The lowest BCUT2D eigenvalue weighted by Crippen LogP contribution is -2.57. The molecule has 2 saturated heterocycles. The van der Waals surface area contributed by atoms with Gasteiger partial charge in [-0.2, -0.15) is 0 Å². The Kier molecular flexibility index (Phi) is 4.66. The first kappa shape index (κ1) is 16.0. The van der Waals surface area contributed by atoms with Gasteiger partial charge in [-0.1, -0.05) is 22.5 Å². The molecule has 122 valence electrons. The van der Waals surface area contributed by atoms with E-state index in [-0.39, 0.29) is 18.0 Å². The topological polar surface area (TPSA) is 55.7 Å². The van der Waals surface area contributed by atoms with Gasteiger partial charge in [-0.3, -0.25) is 4.79 Å².